The van der Waals surface area contributed by atoms with Crippen molar-refractivity contribution in [3.8, 4) is 0 Å². The molecule has 0 fully saturated rings. The van der Waals surface area contributed by atoms with E-state index < -0.39 is 6.04 Å². The van der Waals surface area contributed by atoms with Gasteiger partial charge in [0.25, 0.3) is 0 Å². The first-order chi connectivity index (χ1) is 14.9. The summed E-state index contributed by atoms with van der Waals surface area (Å²) in [5.41, 5.74) is 1.83. The number of nitrogens with one attached hydrogen (secondary N) is 1. The molecule has 0 aromatic heterocycles. The SMILES string of the molecule is CCCCNC(=O)[C@H](CC)N(Cc1ccc(F)cc1)C(=O)CSCc1cccc(Cl)c1. The molecule has 0 aliphatic rings. The standard InChI is InChI=1S/C24H30ClFN2O2S/c1-3-5-13-27-24(30)22(4-2)28(15-18-9-11-21(26)12-10-18)23(29)17-31-16-19-7-6-8-20(25)14-19/h6-12,14,22H,3-5,13,15-17H2,1-2H3,(H,27,30)/t22-/m0/s1. The van der Waals surface area contributed by atoms with Crippen molar-refractivity contribution >= 4 is 35.2 Å². The molecule has 2 amide bonds. The predicted molar refractivity (Wildman–Crippen MR) is 127 cm³/mol. The van der Waals surface area contributed by atoms with Crippen molar-refractivity contribution in [2.45, 2.75) is 51.4 Å². The number of hydrogen-bond acceptors (Lipinski definition) is 3. The number of halogens is 2. The first kappa shape index (κ1) is 25.2. The van der Waals surface area contributed by atoms with Crippen LogP contribution in [0.5, 0.6) is 0 Å². The second kappa shape index (κ2) is 13.4. The molecule has 7 heteroatoms. The summed E-state index contributed by atoms with van der Waals surface area (Å²) >= 11 is 7.51. The van der Waals surface area contributed by atoms with Crippen molar-refractivity contribution < 1.29 is 14.0 Å². The maximum atomic E-state index is 13.3. The summed E-state index contributed by atoms with van der Waals surface area (Å²) in [6, 6.07) is 13.0. The van der Waals surface area contributed by atoms with E-state index in [1.165, 1.54) is 23.9 Å². The Kier molecular flexibility index (Phi) is 10.9. The molecular formula is C24H30ClFN2O2S. The van der Waals surface area contributed by atoms with Crippen LogP contribution >= 0.6 is 23.4 Å². The molecule has 1 atom stereocenters. The predicted octanol–water partition coefficient (Wildman–Crippen LogP) is 5.44. The Hall–Kier alpha value is -2.05. The molecule has 0 spiro atoms. The van der Waals surface area contributed by atoms with Gasteiger partial charge in [-0.05, 0) is 48.2 Å². The zero-order valence-corrected chi connectivity index (χ0v) is 19.6. The number of nitrogens with zero attached hydrogens (tertiary/aromatic N) is 1. The average molecular weight is 465 g/mol. The van der Waals surface area contributed by atoms with Gasteiger partial charge in [0.2, 0.25) is 11.8 Å². The van der Waals surface area contributed by atoms with Crippen molar-refractivity contribution in [3.05, 3.63) is 70.5 Å². The normalized spacial score (nSPS) is 11.7. The number of amides is 2. The molecule has 0 saturated heterocycles. The first-order valence-electron chi connectivity index (χ1n) is 10.6. The monoisotopic (exact) mass is 464 g/mol. The molecule has 0 bridgehead atoms. The van der Waals surface area contributed by atoms with Gasteiger partial charge in [-0.2, -0.15) is 0 Å². The summed E-state index contributed by atoms with van der Waals surface area (Å²) in [5.74, 6) is 0.297. The highest BCUT2D eigenvalue weighted by Gasteiger charge is 2.28. The van der Waals surface area contributed by atoms with Gasteiger partial charge in [-0.3, -0.25) is 9.59 Å². The molecular weight excluding hydrogens is 435 g/mol. The fourth-order valence-corrected chi connectivity index (χ4v) is 4.25. The third-order valence-electron chi connectivity index (χ3n) is 4.86. The highest BCUT2D eigenvalue weighted by Crippen LogP contribution is 2.19. The van der Waals surface area contributed by atoms with Crippen LogP contribution in [0.3, 0.4) is 0 Å². The molecule has 0 heterocycles. The van der Waals surface area contributed by atoms with Crippen LogP contribution in [-0.2, 0) is 21.9 Å². The number of hydrogen-bond donors (Lipinski definition) is 1. The summed E-state index contributed by atoms with van der Waals surface area (Å²) in [6.45, 7) is 4.81. The van der Waals surface area contributed by atoms with Crippen molar-refractivity contribution in [2.75, 3.05) is 12.3 Å². The highest BCUT2D eigenvalue weighted by molar-refractivity contribution is 7.99. The Labute approximate surface area is 193 Å². The third-order valence-corrected chi connectivity index (χ3v) is 6.09. The van der Waals surface area contributed by atoms with Crippen LogP contribution in [0.1, 0.15) is 44.2 Å². The Morgan fingerprint density at radius 3 is 2.52 bits per heavy atom. The number of thioether (sulfide) groups is 1. The molecule has 0 radical (unpaired) electrons. The highest BCUT2D eigenvalue weighted by atomic mass is 35.5. The van der Waals surface area contributed by atoms with Crippen molar-refractivity contribution in [1.82, 2.24) is 10.2 Å². The zero-order valence-electron chi connectivity index (χ0n) is 18.1. The van der Waals surface area contributed by atoms with Crippen molar-refractivity contribution in [2.24, 2.45) is 0 Å². The molecule has 2 rings (SSSR count). The number of carbonyl (C=O) groups is 2. The smallest absolute Gasteiger partial charge is 0.242 e. The van der Waals surface area contributed by atoms with E-state index in [1.54, 1.807) is 17.0 Å². The van der Waals surface area contributed by atoms with Gasteiger partial charge in [0.1, 0.15) is 11.9 Å². The average Bonchev–Trinajstić information content (AvgIpc) is 2.75. The maximum absolute atomic E-state index is 13.3. The van der Waals surface area contributed by atoms with E-state index >= 15 is 0 Å². The zero-order chi connectivity index (χ0) is 22.6. The largest absolute Gasteiger partial charge is 0.354 e. The van der Waals surface area contributed by atoms with Crippen LogP contribution in [0.25, 0.3) is 0 Å². The molecule has 1 N–H and O–H groups in total. The lowest BCUT2D eigenvalue weighted by Crippen LogP contribution is -2.49. The van der Waals surface area contributed by atoms with E-state index in [9.17, 15) is 14.0 Å². The minimum atomic E-state index is -0.568. The fraction of sp³-hybridized carbons (Fsp3) is 0.417. The van der Waals surface area contributed by atoms with Crippen LogP contribution in [0.2, 0.25) is 5.02 Å². The van der Waals surface area contributed by atoms with Gasteiger partial charge in [0.05, 0.1) is 5.75 Å². The van der Waals surface area contributed by atoms with Gasteiger partial charge < -0.3 is 10.2 Å². The lowest BCUT2D eigenvalue weighted by molar-refractivity contribution is -0.139. The Bertz CT molecular complexity index is 848. The molecule has 0 unspecified atom stereocenters. The van der Waals surface area contributed by atoms with Crippen molar-refractivity contribution in [3.63, 3.8) is 0 Å². The topological polar surface area (TPSA) is 49.4 Å². The lowest BCUT2D eigenvalue weighted by atomic mass is 10.1. The number of benzene rings is 2. The summed E-state index contributed by atoms with van der Waals surface area (Å²) in [4.78, 5) is 27.5. The van der Waals surface area contributed by atoms with Gasteiger partial charge in [-0.1, -0.05) is 56.1 Å². The van der Waals surface area contributed by atoms with Crippen LogP contribution < -0.4 is 5.32 Å². The lowest BCUT2D eigenvalue weighted by Gasteiger charge is -2.30. The van der Waals surface area contributed by atoms with Gasteiger partial charge in [0.15, 0.2) is 0 Å². The summed E-state index contributed by atoms with van der Waals surface area (Å²) in [5, 5.41) is 3.60. The fourth-order valence-electron chi connectivity index (χ4n) is 3.18. The van der Waals surface area contributed by atoms with Gasteiger partial charge in [-0.15, -0.1) is 11.8 Å². The van der Waals surface area contributed by atoms with E-state index in [4.69, 9.17) is 11.6 Å². The van der Waals surface area contributed by atoms with Gasteiger partial charge in [0, 0.05) is 23.9 Å². The molecule has 0 aliphatic carbocycles. The maximum Gasteiger partial charge on any atom is 0.242 e. The van der Waals surface area contributed by atoms with Gasteiger partial charge in [-0.25, -0.2) is 4.39 Å². The third kappa shape index (κ3) is 8.54. The summed E-state index contributed by atoms with van der Waals surface area (Å²) in [6.07, 6.45) is 2.38. The molecule has 0 saturated carbocycles. The van der Waals surface area contributed by atoms with Gasteiger partial charge >= 0.3 is 0 Å². The molecule has 168 valence electrons. The second-order valence-electron chi connectivity index (χ2n) is 7.34. The molecule has 31 heavy (non-hydrogen) atoms. The number of rotatable bonds is 12. The van der Waals surface area contributed by atoms with Crippen LogP contribution in [-0.4, -0.2) is 35.1 Å². The first-order valence-corrected chi connectivity index (χ1v) is 12.1. The van der Waals surface area contributed by atoms with E-state index in [0.29, 0.717) is 23.7 Å². The Morgan fingerprint density at radius 1 is 1.13 bits per heavy atom. The summed E-state index contributed by atoms with van der Waals surface area (Å²) < 4.78 is 13.3. The minimum absolute atomic E-state index is 0.117. The molecule has 2 aromatic rings. The Balaban J connectivity index is 2.09. The Morgan fingerprint density at radius 2 is 1.87 bits per heavy atom. The van der Waals surface area contributed by atoms with E-state index in [2.05, 4.69) is 12.2 Å². The van der Waals surface area contributed by atoms with Crippen LogP contribution in [0.4, 0.5) is 4.39 Å². The van der Waals surface area contributed by atoms with E-state index in [0.717, 1.165) is 24.0 Å². The molecule has 4 nitrogen and oxygen atoms in total. The van der Waals surface area contributed by atoms with E-state index in [1.807, 2.05) is 31.2 Å². The molecule has 2 aromatic carbocycles. The minimum Gasteiger partial charge on any atom is -0.354 e. The number of unbranched alkanes of at least 4 members (excludes halogenated alkanes) is 1. The summed E-state index contributed by atoms with van der Waals surface area (Å²) in [7, 11) is 0. The quantitative estimate of drug-likeness (QED) is 0.426. The second-order valence-corrected chi connectivity index (χ2v) is 8.76. The van der Waals surface area contributed by atoms with Crippen LogP contribution in [0.15, 0.2) is 48.5 Å². The molecule has 0 aliphatic heterocycles. The van der Waals surface area contributed by atoms with Crippen molar-refractivity contribution in [1.29, 1.82) is 0 Å². The number of carbonyl (C=O) groups excluding carboxylic acids is 2. The van der Waals surface area contributed by atoms with Crippen LogP contribution in [0, 0.1) is 5.82 Å². The van der Waals surface area contributed by atoms with E-state index in [-0.39, 0.29) is 29.9 Å².